The summed E-state index contributed by atoms with van der Waals surface area (Å²) in [6.07, 6.45) is -1.88. The van der Waals surface area contributed by atoms with Crippen LogP contribution in [0.3, 0.4) is 0 Å². The van der Waals surface area contributed by atoms with Gasteiger partial charge in [0.15, 0.2) is 0 Å². The molecule has 1 heterocycles. The highest BCUT2D eigenvalue weighted by atomic mass is 19.4. The largest absolute Gasteiger partial charge is 0.416 e. The number of rotatable bonds is 4. The Morgan fingerprint density at radius 3 is 2.36 bits per heavy atom. The van der Waals surface area contributed by atoms with Crippen LogP contribution < -0.4 is 5.32 Å². The van der Waals surface area contributed by atoms with E-state index in [0.717, 1.165) is 38.1 Å². The van der Waals surface area contributed by atoms with Gasteiger partial charge in [-0.3, -0.25) is 4.79 Å². The summed E-state index contributed by atoms with van der Waals surface area (Å²) >= 11 is 0. The molecule has 3 nitrogen and oxygen atoms in total. The van der Waals surface area contributed by atoms with Crippen LogP contribution in [0.5, 0.6) is 0 Å². The van der Waals surface area contributed by atoms with Gasteiger partial charge in [-0.15, -0.1) is 0 Å². The lowest BCUT2D eigenvalue weighted by Crippen LogP contribution is -2.38. The molecule has 0 unspecified atom stereocenters. The molecule has 1 saturated heterocycles. The van der Waals surface area contributed by atoms with Crippen molar-refractivity contribution in [2.24, 2.45) is 5.92 Å². The minimum atomic E-state index is -4.32. The maximum absolute atomic E-state index is 12.4. The summed E-state index contributed by atoms with van der Waals surface area (Å²) in [5.74, 6) is 0.778. The fraction of sp³-hybridized carbons (Fsp3) is 0.562. The third-order valence-corrected chi connectivity index (χ3v) is 4.02. The molecule has 22 heavy (non-hydrogen) atoms. The summed E-state index contributed by atoms with van der Waals surface area (Å²) in [5, 5.41) is 2.99. The van der Waals surface area contributed by atoms with E-state index in [1.807, 2.05) is 4.90 Å². The lowest BCUT2D eigenvalue weighted by molar-refractivity contribution is -0.137. The summed E-state index contributed by atoms with van der Waals surface area (Å²) in [4.78, 5) is 13.9. The van der Waals surface area contributed by atoms with E-state index in [9.17, 15) is 18.0 Å². The number of anilines is 1. The topological polar surface area (TPSA) is 32.3 Å². The number of carbonyl (C=O) groups is 1. The second-order valence-electron chi connectivity index (χ2n) is 5.82. The van der Waals surface area contributed by atoms with Gasteiger partial charge in [0, 0.05) is 31.7 Å². The van der Waals surface area contributed by atoms with Crippen LogP contribution in [0, 0.1) is 5.92 Å². The van der Waals surface area contributed by atoms with E-state index in [-0.39, 0.29) is 5.91 Å². The summed E-state index contributed by atoms with van der Waals surface area (Å²) in [6.45, 7) is 4.23. The molecule has 0 aliphatic carbocycles. The second kappa shape index (κ2) is 7.03. The van der Waals surface area contributed by atoms with Crippen LogP contribution in [0.1, 0.15) is 31.7 Å². The number of alkyl halides is 3. The first-order chi connectivity index (χ1) is 10.4. The number of likely N-dealkylation sites (tertiary alicyclic amines) is 1. The van der Waals surface area contributed by atoms with Crippen molar-refractivity contribution < 1.29 is 18.0 Å². The molecule has 1 aromatic rings. The zero-order valence-electron chi connectivity index (χ0n) is 12.6. The number of hydrogen-bond acceptors (Lipinski definition) is 2. The Morgan fingerprint density at radius 2 is 1.82 bits per heavy atom. The minimum absolute atomic E-state index is 0.103. The number of carbonyl (C=O) groups excluding carboxylic acids is 1. The van der Waals surface area contributed by atoms with Crippen molar-refractivity contribution in [2.75, 3.05) is 25.0 Å². The van der Waals surface area contributed by atoms with Gasteiger partial charge in [-0.1, -0.05) is 6.92 Å². The van der Waals surface area contributed by atoms with Crippen LogP contribution >= 0.6 is 0 Å². The van der Waals surface area contributed by atoms with Crippen molar-refractivity contribution in [2.45, 2.75) is 32.4 Å². The fourth-order valence-electron chi connectivity index (χ4n) is 2.51. The Morgan fingerprint density at radius 1 is 1.23 bits per heavy atom. The summed E-state index contributed by atoms with van der Waals surface area (Å²) < 4.78 is 37.3. The zero-order valence-corrected chi connectivity index (χ0v) is 12.6. The summed E-state index contributed by atoms with van der Waals surface area (Å²) in [5.41, 5.74) is -0.0790. The molecule has 0 atom stereocenters. The molecular formula is C16H21F3N2O. The van der Waals surface area contributed by atoms with Crippen LogP contribution in [0.2, 0.25) is 0 Å². The molecule has 1 fully saturated rings. The van der Waals surface area contributed by atoms with Gasteiger partial charge in [0.2, 0.25) is 5.91 Å². The molecule has 1 amide bonds. The molecule has 0 radical (unpaired) electrons. The Bertz CT molecular complexity index is 491. The molecule has 1 N–H and O–H groups in total. The first-order valence-electron chi connectivity index (χ1n) is 7.55. The smallest absolute Gasteiger partial charge is 0.385 e. The Hall–Kier alpha value is -1.72. The van der Waals surface area contributed by atoms with Crippen LogP contribution in [0.25, 0.3) is 0 Å². The molecule has 1 aromatic carbocycles. The molecule has 122 valence electrons. The molecule has 1 aliphatic rings. The number of piperidine rings is 1. The zero-order chi connectivity index (χ0) is 16.2. The van der Waals surface area contributed by atoms with Gasteiger partial charge in [0.1, 0.15) is 0 Å². The van der Waals surface area contributed by atoms with Gasteiger partial charge >= 0.3 is 6.18 Å². The standard InChI is InChI=1S/C16H21F3N2O/c1-12-7-10-21(11-8-12)15(22)6-9-20-14-4-2-13(3-5-14)16(17,18)19/h2-5,12,20H,6-11H2,1H3. The summed E-state index contributed by atoms with van der Waals surface area (Å²) in [6, 6.07) is 4.85. The predicted molar refractivity (Wildman–Crippen MR) is 79.5 cm³/mol. The first kappa shape index (κ1) is 16.6. The Kier molecular flexibility index (Phi) is 5.32. The number of nitrogens with one attached hydrogen (secondary N) is 1. The minimum Gasteiger partial charge on any atom is -0.385 e. The summed E-state index contributed by atoms with van der Waals surface area (Å²) in [7, 11) is 0. The van der Waals surface area contributed by atoms with Gasteiger partial charge in [-0.25, -0.2) is 0 Å². The van der Waals surface area contributed by atoms with Crippen LogP contribution in [0.4, 0.5) is 18.9 Å². The lowest BCUT2D eigenvalue weighted by atomic mass is 9.99. The SMILES string of the molecule is CC1CCN(C(=O)CCNc2ccc(C(F)(F)F)cc2)CC1. The molecule has 0 saturated carbocycles. The van der Waals surface area contributed by atoms with E-state index < -0.39 is 11.7 Å². The van der Waals surface area contributed by atoms with Crippen molar-refractivity contribution in [3.05, 3.63) is 29.8 Å². The number of halogens is 3. The molecule has 6 heteroatoms. The molecular weight excluding hydrogens is 293 g/mol. The highest BCUT2D eigenvalue weighted by Gasteiger charge is 2.29. The molecule has 0 bridgehead atoms. The van der Waals surface area contributed by atoms with Gasteiger partial charge in [0.25, 0.3) is 0 Å². The maximum Gasteiger partial charge on any atom is 0.416 e. The van der Waals surface area contributed by atoms with E-state index in [2.05, 4.69) is 12.2 Å². The number of nitrogens with zero attached hydrogens (tertiary/aromatic N) is 1. The van der Waals surface area contributed by atoms with E-state index in [4.69, 9.17) is 0 Å². The average Bonchev–Trinajstić information content (AvgIpc) is 2.47. The van der Waals surface area contributed by atoms with Crippen molar-refractivity contribution in [1.82, 2.24) is 4.90 Å². The van der Waals surface area contributed by atoms with Crippen LogP contribution in [-0.2, 0) is 11.0 Å². The highest BCUT2D eigenvalue weighted by molar-refractivity contribution is 5.76. The second-order valence-corrected chi connectivity index (χ2v) is 5.82. The van der Waals surface area contributed by atoms with E-state index in [1.54, 1.807) is 0 Å². The average molecular weight is 314 g/mol. The van der Waals surface area contributed by atoms with Gasteiger partial charge < -0.3 is 10.2 Å². The monoisotopic (exact) mass is 314 g/mol. The van der Waals surface area contributed by atoms with Crippen molar-refractivity contribution >= 4 is 11.6 Å². The van der Waals surface area contributed by atoms with Gasteiger partial charge in [-0.2, -0.15) is 13.2 Å². The number of benzene rings is 1. The number of hydrogen-bond donors (Lipinski definition) is 1. The molecule has 0 aromatic heterocycles. The first-order valence-corrected chi connectivity index (χ1v) is 7.55. The third kappa shape index (κ3) is 4.64. The van der Waals surface area contributed by atoms with Crippen molar-refractivity contribution in [3.8, 4) is 0 Å². The molecule has 1 aliphatic heterocycles. The predicted octanol–water partition coefficient (Wildman–Crippen LogP) is 3.77. The van der Waals surface area contributed by atoms with Gasteiger partial charge in [0.05, 0.1) is 5.56 Å². The quantitative estimate of drug-likeness (QED) is 0.917. The third-order valence-electron chi connectivity index (χ3n) is 4.02. The number of amides is 1. The maximum atomic E-state index is 12.4. The normalized spacial score (nSPS) is 16.6. The Balaban J connectivity index is 1.75. The van der Waals surface area contributed by atoms with Gasteiger partial charge in [-0.05, 0) is 43.0 Å². The van der Waals surface area contributed by atoms with Crippen LogP contribution in [-0.4, -0.2) is 30.4 Å². The molecule has 2 rings (SSSR count). The highest BCUT2D eigenvalue weighted by Crippen LogP contribution is 2.29. The van der Waals surface area contributed by atoms with E-state index >= 15 is 0 Å². The van der Waals surface area contributed by atoms with Crippen molar-refractivity contribution in [1.29, 1.82) is 0 Å². The fourth-order valence-corrected chi connectivity index (χ4v) is 2.51. The van der Waals surface area contributed by atoms with Crippen LogP contribution in [0.15, 0.2) is 24.3 Å². The van der Waals surface area contributed by atoms with E-state index in [0.29, 0.717) is 24.6 Å². The van der Waals surface area contributed by atoms with Crippen molar-refractivity contribution in [3.63, 3.8) is 0 Å². The van der Waals surface area contributed by atoms with E-state index in [1.165, 1.54) is 12.1 Å². The molecule has 0 spiro atoms. The lowest BCUT2D eigenvalue weighted by Gasteiger charge is -2.30. The Labute approximate surface area is 128 Å².